The number of aryl methyl sites for hydroxylation is 1. The highest BCUT2D eigenvalue weighted by Gasteiger charge is 2.11. The monoisotopic (exact) mass is 179 g/mol. The Labute approximate surface area is 77.2 Å². The molecule has 1 rings (SSSR count). The van der Waals surface area contributed by atoms with Crippen molar-refractivity contribution >= 4 is 5.97 Å². The van der Waals surface area contributed by atoms with Crippen molar-refractivity contribution in [2.24, 2.45) is 5.73 Å². The molecule has 70 valence electrons. The number of carbonyl (C=O) groups is 1. The lowest BCUT2D eigenvalue weighted by Gasteiger charge is -2.11. The zero-order valence-corrected chi connectivity index (χ0v) is 7.53. The van der Waals surface area contributed by atoms with Gasteiger partial charge in [-0.1, -0.05) is 24.3 Å². The number of rotatable bonds is 3. The lowest BCUT2D eigenvalue weighted by atomic mass is 10.00. The lowest BCUT2D eigenvalue weighted by Crippen LogP contribution is -2.15. The van der Waals surface area contributed by atoms with Crippen molar-refractivity contribution in [3.8, 4) is 0 Å². The highest BCUT2D eigenvalue weighted by Crippen LogP contribution is 2.17. The minimum Gasteiger partial charge on any atom is -0.481 e. The Morgan fingerprint density at radius 3 is 2.69 bits per heavy atom. The summed E-state index contributed by atoms with van der Waals surface area (Å²) in [6.45, 7) is 1.93. The molecule has 0 bridgehead atoms. The molecule has 0 aliphatic carbocycles. The molecule has 0 heterocycles. The van der Waals surface area contributed by atoms with E-state index < -0.39 is 12.0 Å². The van der Waals surface area contributed by atoms with Crippen LogP contribution >= 0.6 is 0 Å². The van der Waals surface area contributed by atoms with E-state index in [0.29, 0.717) is 0 Å². The molecule has 3 nitrogen and oxygen atoms in total. The predicted octanol–water partition coefficient (Wildman–Crippen LogP) is 1.47. The van der Waals surface area contributed by atoms with E-state index in [-0.39, 0.29) is 6.42 Å². The van der Waals surface area contributed by atoms with Crippen LogP contribution in [0.2, 0.25) is 0 Å². The van der Waals surface area contributed by atoms with Crippen LogP contribution in [0.4, 0.5) is 0 Å². The van der Waals surface area contributed by atoms with E-state index in [4.69, 9.17) is 10.8 Å². The third-order valence-corrected chi connectivity index (χ3v) is 1.98. The van der Waals surface area contributed by atoms with E-state index in [1.807, 2.05) is 31.2 Å². The number of hydrogen-bond donors (Lipinski definition) is 2. The van der Waals surface area contributed by atoms with Crippen LogP contribution in [0.3, 0.4) is 0 Å². The molecule has 1 atom stereocenters. The molecule has 0 saturated heterocycles. The normalized spacial score (nSPS) is 12.5. The molecule has 0 saturated carbocycles. The van der Waals surface area contributed by atoms with Gasteiger partial charge in [0.15, 0.2) is 0 Å². The third kappa shape index (κ3) is 2.56. The number of hydrogen-bond acceptors (Lipinski definition) is 2. The first kappa shape index (κ1) is 9.74. The quantitative estimate of drug-likeness (QED) is 0.738. The van der Waals surface area contributed by atoms with Gasteiger partial charge in [-0.2, -0.15) is 0 Å². The molecule has 0 aromatic heterocycles. The fourth-order valence-electron chi connectivity index (χ4n) is 1.30. The summed E-state index contributed by atoms with van der Waals surface area (Å²) in [6, 6.07) is 7.16. The van der Waals surface area contributed by atoms with Gasteiger partial charge in [-0.3, -0.25) is 4.79 Å². The van der Waals surface area contributed by atoms with Crippen LogP contribution in [-0.2, 0) is 4.79 Å². The first-order chi connectivity index (χ1) is 6.11. The van der Waals surface area contributed by atoms with Crippen molar-refractivity contribution in [1.29, 1.82) is 0 Å². The van der Waals surface area contributed by atoms with Crippen LogP contribution in [0.1, 0.15) is 23.6 Å². The van der Waals surface area contributed by atoms with Gasteiger partial charge in [-0.25, -0.2) is 0 Å². The number of nitrogens with two attached hydrogens (primary N) is 1. The van der Waals surface area contributed by atoms with E-state index in [1.165, 1.54) is 0 Å². The largest absolute Gasteiger partial charge is 0.481 e. The maximum absolute atomic E-state index is 10.4. The summed E-state index contributed by atoms with van der Waals surface area (Å²) in [5.74, 6) is -0.865. The topological polar surface area (TPSA) is 63.3 Å². The van der Waals surface area contributed by atoms with Crippen LogP contribution in [0.25, 0.3) is 0 Å². The zero-order valence-electron chi connectivity index (χ0n) is 7.53. The van der Waals surface area contributed by atoms with Gasteiger partial charge in [0.05, 0.1) is 6.42 Å². The highest BCUT2D eigenvalue weighted by atomic mass is 16.4. The third-order valence-electron chi connectivity index (χ3n) is 1.98. The highest BCUT2D eigenvalue weighted by molar-refractivity contribution is 5.68. The van der Waals surface area contributed by atoms with Crippen molar-refractivity contribution < 1.29 is 9.90 Å². The summed E-state index contributed by atoms with van der Waals surface area (Å²) in [7, 11) is 0. The second kappa shape index (κ2) is 4.05. The van der Waals surface area contributed by atoms with Crippen LogP contribution in [0.5, 0.6) is 0 Å². The number of benzene rings is 1. The second-order valence-electron chi connectivity index (χ2n) is 3.06. The first-order valence-corrected chi connectivity index (χ1v) is 4.14. The predicted molar refractivity (Wildman–Crippen MR) is 50.4 cm³/mol. The average molecular weight is 179 g/mol. The Morgan fingerprint density at radius 2 is 2.15 bits per heavy atom. The fourth-order valence-corrected chi connectivity index (χ4v) is 1.30. The summed E-state index contributed by atoms with van der Waals surface area (Å²) in [6.07, 6.45) is -0.0230. The number of carboxylic acids is 1. The molecule has 0 aliphatic rings. The Balaban J connectivity index is 2.82. The van der Waals surface area contributed by atoms with E-state index >= 15 is 0 Å². The summed E-state index contributed by atoms with van der Waals surface area (Å²) in [5.41, 5.74) is 7.66. The molecule has 3 N–H and O–H groups in total. The Bertz CT molecular complexity index is 310. The van der Waals surface area contributed by atoms with E-state index in [0.717, 1.165) is 11.1 Å². The maximum atomic E-state index is 10.4. The van der Waals surface area contributed by atoms with Gasteiger partial charge in [0, 0.05) is 6.04 Å². The van der Waals surface area contributed by atoms with Crippen LogP contribution in [-0.4, -0.2) is 11.1 Å². The van der Waals surface area contributed by atoms with Gasteiger partial charge in [0.1, 0.15) is 0 Å². The molecule has 3 heteroatoms. The standard InChI is InChI=1S/C10H13NO2/c1-7-4-2-3-5-8(7)9(11)6-10(12)13/h2-5,9H,6,11H2,1H3,(H,12,13)/t9-/m0/s1. The van der Waals surface area contributed by atoms with Gasteiger partial charge in [0.25, 0.3) is 0 Å². The smallest absolute Gasteiger partial charge is 0.305 e. The van der Waals surface area contributed by atoms with Crippen molar-refractivity contribution in [3.63, 3.8) is 0 Å². The Morgan fingerprint density at radius 1 is 1.54 bits per heavy atom. The summed E-state index contributed by atoms with van der Waals surface area (Å²) < 4.78 is 0. The molecule has 0 fully saturated rings. The molecule has 0 unspecified atom stereocenters. The minimum atomic E-state index is -0.865. The molecular weight excluding hydrogens is 166 g/mol. The molecule has 0 radical (unpaired) electrons. The molecule has 0 spiro atoms. The molecule has 1 aromatic rings. The zero-order chi connectivity index (χ0) is 9.84. The van der Waals surface area contributed by atoms with Crippen molar-refractivity contribution in [3.05, 3.63) is 35.4 Å². The lowest BCUT2D eigenvalue weighted by molar-refractivity contribution is -0.137. The van der Waals surface area contributed by atoms with Gasteiger partial charge < -0.3 is 10.8 Å². The van der Waals surface area contributed by atoms with Gasteiger partial charge >= 0.3 is 5.97 Å². The first-order valence-electron chi connectivity index (χ1n) is 4.14. The van der Waals surface area contributed by atoms with E-state index in [1.54, 1.807) is 0 Å². The second-order valence-corrected chi connectivity index (χ2v) is 3.06. The van der Waals surface area contributed by atoms with Gasteiger partial charge in [-0.05, 0) is 18.1 Å². The average Bonchev–Trinajstić information content (AvgIpc) is 2.03. The van der Waals surface area contributed by atoms with Gasteiger partial charge in [0.2, 0.25) is 0 Å². The molecular formula is C10H13NO2. The molecule has 13 heavy (non-hydrogen) atoms. The van der Waals surface area contributed by atoms with Gasteiger partial charge in [-0.15, -0.1) is 0 Å². The van der Waals surface area contributed by atoms with Crippen molar-refractivity contribution in [1.82, 2.24) is 0 Å². The number of carboxylic acid groups (broad SMARTS) is 1. The summed E-state index contributed by atoms with van der Waals surface area (Å²) >= 11 is 0. The Kier molecular flexibility index (Phi) is 3.03. The van der Waals surface area contributed by atoms with Crippen LogP contribution in [0.15, 0.2) is 24.3 Å². The summed E-state index contributed by atoms with van der Waals surface area (Å²) in [5, 5.41) is 8.56. The SMILES string of the molecule is Cc1ccccc1[C@@H](N)CC(=O)O. The summed E-state index contributed by atoms with van der Waals surface area (Å²) in [4.78, 5) is 10.4. The van der Waals surface area contributed by atoms with Crippen LogP contribution < -0.4 is 5.73 Å². The number of aliphatic carboxylic acids is 1. The molecule has 1 aromatic carbocycles. The van der Waals surface area contributed by atoms with Crippen LogP contribution in [0, 0.1) is 6.92 Å². The Hall–Kier alpha value is -1.35. The molecule has 0 amide bonds. The van der Waals surface area contributed by atoms with Crippen molar-refractivity contribution in [2.75, 3.05) is 0 Å². The fraction of sp³-hybridized carbons (Fsp3) is 0.300. The minimum absolute atomic E-state index is 0.0230. The van der Waals surface area contributed by atoms with E-state index in [9.17, 15) is 4.79 Å². The molecule has 0 aliphatic heterocycles. The maximum Gasteiger partial charge on any atom is 0.305 e. The van der Waals surface area contributed by atoms with E-state index in [2.05, 4.69) is 0 Å². The van der Waals surface area contributed by atoms with Crippen molar-refractivity contribution in [2.45, 2.75) is 19.4 Å².